The molecule has 0 aliphatic carbocycles. The van der Waals surface area contributed by atoms with Gasteiger partial charge in [0, 0.05) is 27.3 Å². The molecule has 0 aliphatic heterocycles. The number of carbonyl (C=O) groups is 1. The molecule has 0 aromatic carbocycles. The monoisotopic (exact) mass is 209 g/mol. The zero-order chi connectivity index (χ0) is 10.1. The van der Waals surface area contributed by atoms with Crippen molar-refractivity contribution < 1.29 is 18.8 Å². The molecule has 0 radical (unpaired) electrons. The molecular formula is C7H16NO4P. The van der Waals surface area contributed by atoms with Gasteiger partial charge in [0.25, 0.3) is 0 Å². The van der Waals surface area contributed by atoms with Crippen LogP contribution in [0.25, 0.3) is 0 Å². The number of ether oxygens (including phenoxy) is 2. The third kappa shape index (κ3) is 5.80. The molecule has 1 unspecified atom stereocenters. The van der Waals surface area contributed by atoms with Crippen molar-refractivity contribution in [3.8, 4) is 0 Å². The minimum Gasteiger partial charge on any atom is -0.435 e. The molecule has 0 saturated heterocycles. The van der Waals surface area contributed by atoms with Gasteiger partial charge in [-0.05, 0) is 0 Å². The first kappa shape index (κ1) is 12.6. The lowest BCUT2D eigenvalue weighted by Crippen LogP contribution is -2.35. The van der Waals surface area contributed by atoms with Crippen molar-refractivity contribution >= 4 is 15.6 Å². The fourth-order valence-corrected chi connectivity index (χ4v) is 0.921. The highest BCUT2D eigenvalue weighted by Gasteiger charge is 2.12. The summed E-state index contributed by atoms with van der Waals surface area (Å²) >= 11 is 0. The first-order valence-electron chi connectivity index (χ1n) is 3.89. The summed E-state index contributed by atoms with van der Waals surface area (Å²) in [5, 5.41) is 0. The first-order valence-corrected chi connectivity index (χ1v) is 4.37. The first-order chi connectivity index (χ1) is 6.26. The van der Waals surface area contributed by atoms with Crippen LogP contribution in [-0.2, 0) is 14.0 Å². The summed E-state index contributed by atoms with van der Waals surface area (Å²) in [7, 11) is 5.09. The lowest BCUT2D eigenvalue weighted by molar-refractivity contribution is 0.105. The van der Waals surface area contributed by atoms with E-state index < -0.39 is 0 Å². The quantitative estimate of drug-likeness (QED) is 0.598. The van der Waals surface area contributed by atoms with Gasteiger partial charge in [-0.3, -0.25) is 0 Å². The van der Waals surface area contributed by atoms with Gasteiger partial charge >= 0.3 is 6.09 Å². The van der Waals surface area contributed by atoms with Crippen LogP contribution in [0.3, 0.4) is 0 Å². The molecule has 0 aromatic heterocycles. The lowest BCUT2D eigenvalue weighted by Gasteiger charge is -2.19. The molecule has 0 aliphatic rings. The van der Waals surface area contributed by atoms with E-state index in [1.165, 1.54) is 4.90 Å². The van der Waals surface area contributed by atoms with Gasteiger partial charge in [-0.1, -0.05) is 0 Å². The third-order valence-corrected chi connectivity index (χ3v) is 1.69. The van der Waals surface area contributed by atoms with E-state index in [-0.39, 0.29) is 6.09 Å². The van der Waals surface area contributed by atoms with Crippen LogP contribution in [0, 0.1) is 0 Å². The molecule has 0 bridgehead atoms. The van der Waals surface area contributed by atoms with Crippen molar-refractivity contribution in [3.63, 3.8) is 0 Å². The second-order valence-electron chi connectivity index (χ2n) is 2.36. The Labute approximate surface area is 80.6 Å². The smallest absolute Gasteiger partial charge is 0.412 e. The van der Waals surface area contributed by atoms with E-state index in [4.69, 9.17) is 9.47 Å². The van der Waals surface area contributed by atoms with Crippen molar-refractivity contribution in [1.82, 2.24) is 4.90 Å². The fraction of sp³-hybridized carbons (Fsp3) is 0.857. The molecule has 13 heavy (non-hydrogen) atoms. The molecule has 0 aromatic rings. The van der Waals surface area contributed by atoms with Crippen LogP contribution in [0.1, 0.15) is 0 Å². The van der Waals surface area contributed by atoms with Gasteiger partial charge in [0.15, 0.2) is 0 Å². The molecule has 0 heterocycles. The fourth-order valence-electron chi connectivity index (χ4n) is 0.772. The Kier molecular flexibility index (Phi) is 7.99. The maximum absolute atomic E-state index is 11.1. The van der Waals surface area contributed by atoms with Gasteiger partial charge < -0.3 is 18.9 Å². The molecule has 5 nitrogen and oxygen atoms in total. The van der Waals surface area contributed by atoms with Crippen LogP contribution in [0.5, 0.6) is 0 Å². The summed E-state index contributed by atoms with van der Waals surface area (Å²) in [6.45, 7) is 1.99. The van der Waals surface area contributed by atoms with E-state index >= 15 is 0 Å². The number of rotatable bonds is 6. The number of hydrogen-bond acceptors (Lipinski definition) is 4. The summed E-state index contributed by atoms with van der Waals surface area (Å²) in [4.78, 5) is 12.6. The van der Waals surface area contributed by atoms with Crippen LogP contribution in [-0.4, -0.2) is 51.5 Å². The van der Waals surface area contributed by atoms with Gasteiger partial charge in [-0.2, -0.15) is 0 Å². The topological polar surface area (TPSA) is 48.0 Å². The lowest BCUT2D eigenvalue weighted by atomic mass is 10.5. The number of methoxy groups -OCH3 is 2. The Morgan fingerprint density at radius 1 is 1.23 bits per heavy atom. The summed E-state index contributed by atoms with van der Waals surface area (Å²) in [5.41, 5.74) is 0. The van der Waals surface area contributed by atoms with Gasteiger partial charge in [-0.15, -0.1) is 0 Å². The molecule has 1 amide bonds. The molecule has 6 heteroatoms. The van der Waals surface area contributed by atoms with Gasteiger partial charge in [-0.25, -0.2) is 4.79 Å². The predicted molar refractivity (Wildman–Crippen MR) is 51.5 cm³/mol. The van der Waals surface area contributed by atoms with Crippen molar-refractivity contribution in [3.05, 3.63) is 0 Å². The number of hydrogen-bond donors (Lipinski definition) is 0. The number of amides is 1. The normalized spacial score (nSPS) is 9.77. The third-order valence-electron chi connectivity index (χ3n) is 1.49. The Morgan fingerprint density at radius 3 is 2.00 bits per heavy atom. The van der Waals surface area contributed by atoms with Gasteiger partial charge in [0.2, 0.25) is 0 Å². The molecule has 0 N–H and O–H groups in total. The second kappa shape index (κ2) is 8.23. The van der Waals surface area contributed by atoms with Crippen molar-refractivity contribution in [2.24, 2.45) is 0 Å². The maximum atomic E-state index is 11.1. The van der Waals surface area contributed by atoms with E-state index in [9.17, 15) is 4.79 Å². The maximum Gasteiger partial charge on any atom is 0.412 e. The number of carbonyl (C=O) groups excluding carboxylic acids is 1. The van der Waals surface area contributed by atoms with Crippen LogP contribution < -0.4 is 0 Å². The van der Waals surface area contributed by atoms with Crippen LogP contribution in [0.15, 0.2) is 0 Å². The highest BCUT2D eigenvalue weighted by Crippen LogP contribution is 1.98. The molecule has 0 rings (SSSR count). The average Bonchev–Trinajstić information content (AvgIpc) is 2.17. The highest BCUT2D eigenvalue weighted by atomic mass is 31.0. The zero-order valence-electron chi connectivity index (χ0n) is 7.99. The van der Waals surface area contributed by atoms with Crippen molar-refractivity contribution in [1.29, 1.82) is 0 Å². The summed E-state index contributed by atoms with van der Waals surface area (Å²) in [5.74, 6) is 0. The van der Waals surface area contributed by atoms with E-state index in [2.05, 4.69) is 4.52 Å². The summed E-state index contributed by atoms with van der Waals surface area (Å²) in [6, 6.07) is 0. The molecule has 0 saturated carbocycles. The summed E-state index contributed by atoms with van der Waals surface area (Å²) < 4.78 is 14.2. The van der Waals surface area contributed by atoms with Gasteiger partial charge in [0.1, 0.15) is 0 Å². The Bertz CT molecular complexity index is 136. The Morgan fingerprint density at radius 2 is 1.69 bits per heavy atom. The molecule has 1 atom stereocenters. The zero-order valence-corrected chi connectivity index (χ0v) is 9.14. The van der Waals surface area contributed by atoms with Crippen LogP contribution >= 0.6 is 9.47 Å². The molecule has 78 valence electrons. The summed E-state index contributed by atoms with van der Waals surface area (Å²) in [6.07, 6.45) is -0.390. The Hall–Kier alpha value is -0.380. The van der Waals surface area contributed by atoms with Crippen molar-refractivity contribution in [2.75, 3.05) is 40.5 Å². The van der Waals surface area contributed by atoms with E-state index in [0.29, 0.717) is 26.3 Å². The van der Waals surface area contributed by atoms with Crippen LogP contribution in [0.4, 0.5) is 4.79 Å². The largest absolute Gasteiger partial charge is 0.435 e. The highest BCUT2D eigenvalue weighted by molar-refractivity contribution is 7.10. The Balaban J connectivity index is 3.79. The molecular weight excluding hydrogens is 193 g/mol. The number of nitrogens with zero attached hydrogens (tertiary/aromatic N) is 1. The average molecular weight is 209 g/mol. The van der Waals surface area contributed by atoms with Crippen molar-refractivity contribution in [2.45, 2.75) is 0 Å². The molecule has 0 fully saturated rings. The van der Waals surface area contributed by atoms with Gasteiger partial charge in [0.05, 0.1) is 22.7 Å². The SMILES string of the molecule is COCCN(CCOC)C(=O)OP. The van der Waals surface area contributed by atoms with E-state index in [0.717, 1.165) is 0 Å². The predicted octanol–water partition coefficient (Wildman–Crippen LogP) is 0.508. The van der Waals surface area contributed by atoms with E-state index in [1.807, 2.05) is 9.47 Å². The van der Waals surface area contributed by atoms with E-state index in [1.54, 1.807) is 14.2 Å². The minimum absolute atomic E-state index is 0.390. The van der Waals surface area contributed by atoms with Crippen LogP contribution in [0.2, 0.25) is 0 Å². The minimum atomic E-state index is -0.390. The standard InChI is InChI=1S/C7H16NO4P/c1-10-5-3-8(4-6-11-2)7(9)12-13/h3-6,13H2,1-2H3. The molecule has 0 spiro atoms. The second-order valence-corrected chi connectivity index (χ2v) is 2.59.